The Morgan fingerprint density at radius 1 is 1.31 bits per heavy atom. The highest BCUT2D eigenvalue weighted by atomic mass is 16.5. The zero-order valence-corrected chi connectivity index (χ0v) is 15.0. The first-order chi connectivity index (χ1) is 12.5. The maximum atomic E-state index is 13.2. The van der Waals surface area contributed by atoms with Crippen LogP contribution in [0, 0.1) is 11.8 Å². The molecule has 1 aromatic heterocycles. The van der Waals surface area contributed by atoms with Crippen LogP contribution in [0.4, 0.5) is 5.82 Å². The van der Waals surface area contributed by atoms with Crippen LogP contribution in [0.2, 0.25) is 0 Å². The molecule has 3 rings (SSSR count). The quantitative estimate of drug-likeness (QED) is 0.587. The van der Waals surface area contributed by atoms with E-state index in [1.165, 1.54) is 6.08 Å². The molecule has 0 bridgehead atoms. The number of piperidine rings is 1. The summed E-state index contributed by atoms with van der Waals surface area (Å²) in [5.74, 6) is -0.614. The van der Waals surface area contributed by atoms with Crippen molar-refractivity contribution in [3.8, 4) is 0 Å². The van der Waals surface area contributed by atoms with Crippen LogP contribution in [0.25, 0.3) is 0 Å². The molecule has 2 aliphatic rings. The van der Waals surface area contributed by atoms with Crippen LogP contribution >= 0.6 is 0 Å². The Morgan fingerprint density at radius 3 is 2.85 bits per heavy atom. The Kier molecular flexibility index (Phi) is 5.39. The predicted octanol–water partition coefficient (Wildman–Crippen LogP) is 0.834. The number of anilines is 1. The van der Waals surface area contributed by atoms with Crippen LogP contribution in [0.3, 0.4) is 0 Å². The number of carbonyl (C=O) groups excluding carboxylic acids is 3. The lowest BCUT2D eigenvalue weighted by Gasteiger charge is -2.37. The molecule has 1 aromatic rings. The largest absolute Gasteiger partial charge is 0.466 e. The monoisotopic (exact) mass is 360 g/mol. The molecule has 8 heteroatoms. The van der Waals surface area contributed by atoms with Gasteiger partial charge in [-0.05, 0) is 25.8 Å². The van der Waals surface area contributed by atoms with Crippen LogP contribution < -0.4 is 4.90 Å². The first-order valence-corrected chi connectivity index (χ1v) is 8.96. The number of amides is 2. The van der Waals surface area contributed by atoms with Gasteiger partial charge in [0.05, 0.1) is 31.2 Å². The highest BCUT2D eigenvalue weighted by Crippen LogP contribution is 2.28. The second-order valence-electron chi connectivity index (χ2n) is 6.60. The second-order valence-corrected chi connectivity index (χ2v) is 6.60. The SMILES string of the molecule is C=CC(=O)N1CCCC(C(=O)N2CC(C(=O)OCC)Cn3nccc32)C1. The van der Waals surface area contributed by atoms with Gasteiger partial charge in [-0.3, -0.25) is 19.3 Å². The standard InChI is InChI=1S/C18H24N4O4/c1-3-16(23)20-9-5-6-13(10-20)17(24)21-11-14(18(25)26-4-2)12-22-15(21)7-8-19-22/h3,7-8,13-14H,1,4-6,9-12H2,2H3. The zero-order valence-electron chi connectivity index (χ0n) is 15.0. The molecular weight excluding hydrogens is 336 g/mol. The minimum absolute atomic E-state index is 0.0812. The molecule has 2 atom stereocenters. The lowest BCUT2D eigenvalue weighted by molar-refractivity contribution is -0.148. The van der Waals surface area contributed by atoms with E-state index in [9.17, 15) is 14.4 Å². The van der Waals surface area contributed by atoms with E-state index in [2.05, 4.69) is 11.7 Å². The average Bonchev–Trinajstić information content (AvgIpc) is 3.15. The molecule has 8 nitrogen and oxygen atoms in total. The molecule has 0 spiro atoms. The van der Waals surface area contributed by atoms with Crippen molar-refractivity contribution in [2.45, 2.75) is 26.3 Å². The molecule has 0 aliphatic carbocycles. The van der Waals surface area contributed by atoms with E-state index in [-0.39, 0.29) is 30.2 Å². The number of ether oxygens (including phenoxy) is 1. The van der Waals surface area contributed by atoms with Crippen molar-refractivity contribution in [3.63, 3.8) is 0 Å². The number of likely N-dealkylation sites (tertiary alicyclic amines) is 1. The van der Waals surface area contributed by atoms with E-state index in [1.807, 2.05) is 0 Å². The summed E-state index contributed by atoms with van der Waals surface area (Å²) in [4.78, 5) is 40.5. The summed E-state index contributed by atoms with van der Waals surface area (Å²) in [6.45, 7) is 7.26. The minimum atomic E-state index is -0.444. The summed E-state index contributed by atoms with van der Waals surface area (Å²) in [6, 6.07) is 1.77. The van der Waals surface area contributed by atoms with Gasteiger partial charge >= 0.3 is 5.97 Å². The summed E-state index contributed by atoms with van der Waals surface area (Å²) in [6.07, 6.45) is 4.38. The second kappa shape index (κ2) is 7.72. The van der Waals surface area contributed by atoms with Crippen LogP contribution in [-0.2, 0) is 25.7 Å². The highest BCUT2D eigenvalue weighted by molar-refractivity contribution is 5.96. The van der Waals surface area contributed by atoms with E-state index in [0.717, 1.165) is 6.42 Å². The molecule has 0 radical (unpaired) electrons. The van der Waals surface area contributed by atoms with Crippen LogP contribution in [0.15, 0.2) is 24.9 Å². The van der Waals surface area contributed by atoms with Gasteiger partial charge < -0.3 is 9.64 Å². The van der Waals surface area contributed by atoms with E-state index >= 15 is 0 Å². The molecular formula is C18H24N4O4. The predicted molar refractivity (Wildman–Crippen MR) is 94.2 cm³/mol. The summed E-state index contributed by atoms with van der Waals surface area (Å²) in [7, 11) is 0. The fourth-order valence-electron chi connectivity index (χ4n) is 3.62. The van der Waals surface area contributed by atoms with E-state index in [1.54, 1.807) is 33.7 Å². The van der Waals surface area contributed by atoms with Gasteiger partial charge in [-0.1, -0.05) is 6.58 Å². The van der Waals surface area contributed by atoms with Gasteiger partial charge in [0.1, 0.15) is 5.82 Å². The molecule has 2 amide bonds. The van der Waals surface area contributed by atoms with Crippen molar-refractivity contribution in [3.05, 3.63) is 24.9 Å². The summed E-state index contributed by atoms with van der Waals surface area (Å²) in [5.41, 5.74) is 0. The summed E-state index contributed by atoms with van der Waals surface area (Å²) in [5, 5.41) is 4.22. The molecule has 1 fully saturated rings. The molecule has 0 aromatic carbocycles. The first kappa shape index (κ1) is 18.2. The number of nitrogens with zero attached hydrogens (tertiary/aromatic N) is 4. The van der Waals surface area contributed by atoms with Crippen molar-refractivity contribution >= 4 is 23.6 Å². The zero-order chi connectivity index (χ0) is 18.7. The van der Waals surface area contributed by atoms with Gasteiger partial charge in [-0.15, -0.1) is 0 Å². The Morgan fingerprint density at radius 2 is 2.12 bits per heavy atom. The Hall–Kier alpha value is -2.64. The Balaban J connectivity index is 1.78. The van der Waals surface area contributed by atoms with Gasteiger partial charge in [0, 0.05) is 25.7 Å². The van der Waals surface area contributed by atoms with Gasteiger partial charge in [0.25, 0.3) is 0 Å². The topological polar surface area (TPSA) is 84.7 Å². The van der Waals surface area contributed by atoms with Crippen molar-refractivity contribution in [1.29, 1.82) is 0 Å². The van der Waals surface area contributed by atoms with Crippen molar-refractivity contribution in [2.24, 2.45) is 11.8 Å². The van der Waals surface area contributed by atoms with Crippen LogP contribution in [0.5, 0.6) is 0 Å². The molecule has 1 saturated heterocycles. The third-order valence-corrected chi connectivity index (χ3v) is 4.91. The number of carbonyl (C=O) groups is 3. The lowest BCUT2D eigenvalue weighted by Crippen LogP contribution is -2.51. The number of fused-ring (bicyclic) bond motifs is 1. The number of aromatic nitrogens is 2. The molecule has 0 saturated carbocycles. The molecule has 0 N–H and O–H groups in total. The van der Waals surface area contributed by atoms with Crippen LogP contribution in [-0.4, -0.2) is 58.7 Å². The number of esters is 1. The third-order valence-electron chi connectivity index (χ3n) is 4.91. The van der Waals surface area contributed by atoms with Gasteiger partial charge in [-0.25, -0.2) is 4.68 Å². The number of hydrogen-bond acceptors (Lipinski definition) is 5. The van der Waals surface area contributed by atoms with Crippen molar-refractivity contribution < 1.29 is 19.1 Å². The Labute approximate surface area is 152 Å². The maximum Gasteiger partial charge on any atom is 0.312 e. The van der Waals surface area contributed by atoms with E-state index in [0.29, 0.717) is 38.5 Å². The molecule has 2 aliphatic heterocycles. The van der Waals surface area contributed by atoms with Crippen molar-refractivity contribution in [2.75, 3.05) is 31.1 Å². The molecule has 26 heavy (non-hydrogen) atoms. The fraction of sp³-hybridized carbons (Fsp3) is 0.556. The Bertz CT molecular complexity index is 714. The molecule has 2 unspecified atom stereocenters. The normalized spacial score (nSPS) is 22.5. The first-order valence-electron chi connectivity index (χ1n) is 8.96. The fourth-order valence-corrected chi connectivity index (χ4v) is 3.62. The van der Waals surface area contributed by atoms with Gasteiger partial charge in [0.2, 0.25) is 11.8 Å². The average molecular weight is 360 g/mol. The summed E-state index contributed by atoms with van der Waals surface area (Å²) >= 11 is 0. The number of rotatable bonds is 4. The maximum absolute atomic E-state index is 13.2. The molecule has 3 heterocycles. The van der Waals surface area contributed by atoms with Crippen LogP contribution in [0.1, 0.15) is 19.8 Å². The van der Waals surface area contributed by atoms with E-state index in [4.69, 9.17) is 4.74 Å². The smallest absolute Gasteiger partial charge is 0.312 e. The molecule has 140 valence electrons. The highest BCUT2D eigenvalue weighted by Gasteiger charge is 2.38. The van der Waals surface area contributed by atoms with Gasteiger partial charge in [0.15, 0.2) is 0 Å². The number of hydrogen-bond donors (Lipinski definition) is 0. The lowest BCUT2D eigenvalue weighted by atomic mass is 9.95. The van der Waals surface area contributed by atoms with Crippen molar-refractivity contribution in [1.82, 2.24) is 14.7 Å². The third kappa shape index (κ3) is 3.49. The van der Waals surface area contributed by atoms with Gasteiger partial charge in [-0.2, -0.15) is 5.10 Å². The van der Waals surface area contributed by atoms with E-state index < -0.39 is 5.92 Å². The minimum Gasteiger partial charge on any atom is -0.466 e. The summed E-state index contributed by atoms with van der Waals surface area (Å²) < 4.78 is 6.79.